The zero-order valence-corrected chi connectivity index (χ0v) is 14.6. The number of aryl methyl sites for hydroxylation is 2. The van der Waals surface area contributed by atoms with Crippen LogP contribution in [0.15, 0.2) is 0 Å². The molecule has 0 bridgehead atoms. The van der Waals surface area contributed by atoms with Crippen LogP contribution in [0, 0.1) is 13.8 Å². The van der Waals surface area contributed by atoms with Crippen molar-refractivity contribution >= 4 is 62.3 Å². The van der Waals surface area contributed by atoms with Crippen LogP contribution >= 0.6 is 34.5 Å². The first-order chi connectivity index (χ1) is 10.4. The number of carbonyl (C=O) groups is 2. The lowest BCUT2D eigenvalue weighted by Crippen LogP contribution is -2.15. The first-order valence-electron chi connectivity index (χ1n) is 6.52. The second-order valence-corrected chi connectivity index (χ2v) is 6.17. The van der Waals surface area contributed by atoms with Crippen LogP contribution in [-0.4, -0.2) is 29.3 Å². The SMILES string of the molecule is CCOC(=O)c1sc2nc(C)c(Cl)c(C)c2c1NC(=O)CCl. The maximum atomic E-state index is 12.1. The van der Waals surface area contributed by atoms with Crippen molar-refractivity contribution in [1.29, 1.82) is 0 Å². The minimum absolute atomic E-state index is 0.217. The molecular formula is C14H14Cl2N2O3S. The highest BCUT2D eigenvalue weighted by Gasteiger charge is 2.24. The summed E-state index contributed by atoms with van der Waals surface area (Å²) in [6.45, 7) is 5.56. The maximum Gasteiger partial charge on any atom is 0.350 e. The molecule has 0 radical (unpaired) electrons. The fourth-order valence-corrected chi connectivity index (χ4v) is 3.39. The lowest BCUT2D eigenvalue weighted by atomic mass is 10.1. The largest absolute Gasteiger partial charge is 0.462 e. The van der Waals surface area contributed by atoms with Gasteiger partial charge in [-0.25, -0.2) is 9.78 Å². The van der Waals surface area contributed by atoms with E-state index in [0.29, 0.717) is 26.6 Å². The van der Waals surface area contributed by atoms with Crippen molar-refractivity contribution in [2.75, 3.05) is 17.8 Å². The third-order valence-corrected chi connectivity index (χ3v) is 4.89. The Kier molecular flexibility index (Phi) is 5.26. The molecule has 0 saturated heterocycles. The molecule has 1 amide bonds. The van der Waals surface area contributed by atoms with Crippen LogP contribution in [-0.2, 0) is 9.53 Å². The Labute approximate surface area is 141 Å². The number of amides is 1. The fraction of sp³-hybridized carbons (Fsp3) is 0.357. The highest BCUT2D eigenvalue weighted by atomic mass is 35.5. The van der Waals surface area contributed by atoms with Gasteiger partial charge in [0.1, 0.15) is 15.6 Å². The molecule has 0 atom stereocenters. The number of alkyl halides is 1. The number of halogens is 2. The second kappa shape index (κ2) is 6.81. The molecule has 0 fully saturated rings. The topological polar surface area (TPSA) is 68.3 Å². The molecule has 0 aliphatic heterocycles. The second-order valence-electron chi connectivity index (χ2n) is 4.52. The van der Waals surface area contributed by atoms with E-state index in [0.717, 1.165) is 16.9 Å². The molecule has 0 unspecified atom stereocenters. The monoisotopic (exact) mass is 360 g/mol. The highest BCUT2D eigenvalue weighted by Crippen LogP contribution is 2.40. The van der Waals surface area contributed by atoms with Crippen LogP contribution in [0.4, 0.5) is 5.69 Å². The van der Waals surface area contributed by atoms with Crippen LogP contribution in [0.25, 0.3) is 10.2 Å². The molecule has 1 N–H and O–H groups in total. The molecule has 0 aliphatic rings. The minimum atomic E-state index is -0.511. The smallest absolute Gasteiger partial charge is 0.350 e. The minimum Gasteiger partial charge on any atom is -0.462 e. The van der Waals surface area contributed by atoms with Crippen molar-refractivity contribution in [3.63, 3.8) is 0 Å². The molecule has 118 valence electrons. The number of pyridine rings is 1. The van der Waals surface area contributed by atoms with Crippen molar-refractivity contribution in [2.45, 2.75) is 20.8 Å². The Morgan fingerprint density at radius 1 is 1.36 bits per heavy atom. The predicted molar refractivity (Wildman–Crippen MR) is 89.4 cm³/mol. The molecule has 2 heterocycles. The Balaban J connectivity index is 2.73. The van der Waals surface area contributed by atoms with E-state index in [1.54, 1.807) is 13.8 Å². The fourth-order valence-electron chi connectivity index (χ4n) is 2.06. The quantitative estimate of drug-likeness (QED) is 0.662. The van der Waals surface area contributed by atoms with Crippen LogP contribution in [0.3, 0.4) is 0 Å². The van der Waals surface area contributed by atoms with E-state index in [-0.39, 0.29) is 17.4 Å². The number of rotatable bonds is 4. The zero-order chi connectivity index (χ0) is 16.4. The number of hydrogen-bond donors (Lipinski definition) is 1. The summed E-state index contributed by atoms with van der Waals surface area (Å²) in [5, 5.41) is 3.79. The maximum absolute atomic E-state index is 12.1. The van der Waals surface area contributed by atoms with E-state index in [1.807, 2.05) is 6.92 Å². The summed E-state index contributed by atoms with van der Waals surface area (Å²) in [6.07, 6.45) is 0. The number of anilines is 1. The standard InChI is InChI=1S/C14H14Cl2N2O3S/c1-4-21-14(20)12-11(18-8(19)5-15)9-6(2)10(16)7(3)17-13(9)22-12/h4-5H2,1-3H3,(H,18,19). The molecule has 0 aromatic carbocycles. The Morgan fingerprint density at radius 2 is 2.05 bits per heavy atom. The van der Waals surface area contributed by atoms with Crippen LogP contribution in [0.2, 0.25) is 5.02 Å². The summed E-state index contributed by atoms with van der Waals surface area (Å²) in [6, 6.07) is 0. The van der Waals surface area contributed by atoms with E-state index in [9.17, 15) is 9.59 Å². The summed E-state index contributed by atoms with van der Waals surface area (Å²) in [5.41, 5.74) is 1.77. The van der Waals surface area contributed by atoms with E-state index in [4.69, 9.17) is 27.9 Å². The van der Waals surface area contributed by atoms with E-state index >= 15 is 0 Å². The zero-order valence-electron chi connectivity index (χ0n) is 12.3. The molecule has 0 aliphatic carbocycles. The number of thiophene rings is 1. The van der Waals surface area contributed by atoms with Gasteiger partial charge in [0, 0.05) is 5.39 Å². The molecular weight excluding hydrogens is 347 g/mol. The number of ether oxygens (including phenoxy) is 1. The third kappa shape index (κ3) is 3.04. The highest BCUT2D eigenvalue weighted by molar-refractivity contribution is 7.21. The van der Waals surface area contributed by atoms with Crippen molar-refractivity contribution in [3.8, 4) is 0 Å². The van der Waals surface area contributed by atoms with Gasteiger partial charge in [-0.2, -0.15) is 0 Å². The van der Waals surface area contributed by atoms with Gasteiger partial charge >= 0.3 is 5.97 Å². The van der Waals surface area contributed by atoms with E-state index in [2.05, 4.69) is 10.3 Å². The summed E-state index contributed by atoms with van der Waals surface area (Å²) < 4.78 is 5.04. The van der Waals surface area contributed by atoms with E-state index < -0.39 is 11.9 Å². The molecule has 0 spiro atoms. The lowest BCUT2D eigenvalue weighted by molar-refractivity contribution is -0.113. The summed E-state index contributed by atoms with van der Waals surface area (Å²) in [7, 11) is 0. The van der Waals surface area contributed by atoms with Gasteiger partial charge in [-0.05, 0) is 26.3 Å². The molecule has 5 nitrogen and oxygen atoms in total. The number of carbonyl (C=O) groups excluding carboxylic acids is 2. The van der Waals surface area contributed by atoms with Crippen molar-refractivity contribution in [1.82, 2.24) is 4.98 Å². The Bertz CT molecular complexity index is 758. The Morgan fingerprint density at radius 3 is 2.64 bits per heavy atom. The molecule has 8 heteroatoms. The average molecular weight is 361 g/mol. The molecule has 2 aromatic heterocycles. The molecule has 2 rings (SSSR count). The van der Waals surface area contributed by atoms with Gasteiger partial charge in [0.2, 0.25) is 5.91 Å². The first kappa shape index (κ1) is 17.0. The number of fused-ring (bicyclic) bond motifs is 1. The molecule has 22 heavy (non-hydrogen) atoms. The van der Waals surface area contributed by atoms with Crippen molar-refractivity contribution in [2.24, 2.45) is 0 Å². The van der Waals surface area contributed by atoms with Crippen molar-refractivity contribution < 1.29 is 14.3 Å². The predicted octanol–water partition coefficient (Wildman–Crippen LogP) is 3.92. The van der Waals surface area contributed by atoms with Gasteiger partial charge in [0.15, 0.2) is 0 Å². The average Bonchev–Trinajstić information content (AvgIpc) is 2.83. The summed E-state index contributed by atoms with van der Waals surface area (Å²) in [4.78, 5) is 29.1. The van der Waals surface area contributed by atoms with Gasteiger partial charge in [-0.15, -0.1) is 22.9 Å². The number of hydrogen-bond acceptors (Lipinski definition) is 5. The normalized spacial score (nSPS) is 10.8. The summed E-state index contributed by atoms with van der Waals surface area (Å²) in [5.74, 6) is -1.14. The third-order valence-electron chi connectivity index (χ3n) is 3.03. The number of nitrogens with one attached hydrogen (secondary N) is 1. The number of esters is 1. The number of nitrogens with zero attached hydrogens (tertiary/aromatic N) is 1. The van der Waals surface area contributed by atoms with Gasteiger partial charge < -0.3 is 10.1 Å². The van der Waals surface area contributed by atoms with Gasteiger partial charge in [-0.3, -0.25) is 4.79 Å². The van der Waals surface area contributed by atoms with Gasteiger partial charge in [0.25, 0.3) is 0 Å². The first-order valence-corrected chi connectivity index (χ1v) is 8.25. The lowest BCUT2D eigenvalue weighted by Gasteiger charge is -2.08. The van der Waals surface area contributed by atoms with Crippen LogP contribution in [0.1, 0.15) is 27.9 Å². The van der Waals surface area contributed by atoms with Crippen LogP contribution < -0.4 is 5.32 Å². The van der Waals surface area contributed by atoms with Crippen LogP contribution in [0.5, 0.6) is 0 Å². The Hall–Kier alpha value is -1.37. The number of aromatic nitrogens is 1. The van der Waals surface area contributed by atoms with Crippen molar-refractivity contribution in [3.05, 3.63) is 21.2 Å². The molecule has 2 aromatic rings. The molecule has 0 saturated carbocycles. The van der Waals surface area contributed by atoms with Gasteiger partial charge in [-0.1, -0.05) is 11.6 Å². The van der Waals surface area contributed by atoms with Gasteiger partial charge in [0.05, 0.1) is 23.0 Å². The summed E-state index contributed by atoms with van der Waals surface area (Å²) >= 11 is 12.9. The van der Waals surface area contributed by atoms with E-state index in [1.165, 1.54) is 0 Å².